The quantitative estimate of drug-likeness (QED) is 0.735. The van der Waals surface area contributed by atoms with Crippen LogP contribution in [0.25, 0.3) is 0 Å². The van der Waals surface area contributed by atoms with Crippen molar-refractivity contribution in [3.05, 3.63) is 0 Å². The molecule has 0 radical (unpaired) electrons. The summed E-state index contributed by atoms with van der Waals surface area (Å²) in [6, 6.07) is 0.289. The molecule has 1 fully saturated rings. The smallest absolute Gasteiger partial charge is 0.248 e. The van der Waals surface area contributed by atoms with Crippen LogP contribution in [0.5, 0.6) is 0 Å². The van der Waals surface area contributed by atoms with Crippen molar-refractivity contribution >= 4 is 0 Å². The van der Waals surface area contributed by atoms with Gasteiger partial charge in [-0.3, -0.25) is 0 Å². The fraction of sp³-hybridized carbons (Fsp3) is 1.00. The van der Waals surface area contributed by atoms with Gasteiger partial charge in [0.2, 0.25) is 5.92 Å². The minimum atomic E-state index is -2.41. The lowest BCUT2D eigenvalue weighted by Gasteiger charge is -2.29. The van der Waals surface area contributed by atoms with Crippen LogP contribution in [0.15, 0.2) is 0 Å². The molecule has 1 rings (SSSR count). The summed E-state index contributed by atoms with van der Waals surface area (Å²) in [6.07, 6.45) is 1.38. The Hall–Kier alpha value is -0.220. The number of alkyl halides is 2. The second-order valence-corrected chi connectivity index (χ2v) is 4.34. The first kappa shape index (κ1) is 11.9. The molecule has 0 aromatic heterocycles. The van der Waals surface area contributed by atoms with Crippen LogP contribution in [0.1, 0.15) is 32.6 Å². The number of halogens is 2. The minimum absolute atomic E-state index is 0.0519. The number of hydrogen-bond acceptors (Lipinski definition) is 2. The molecule has 4 heteroatoms. The van der Waals surface area contributed by atoms with Gasteiger partial charge >= 0.3 is 0 Å². The van der Waals surface area contributed by atoms with Crippen LogP contribution in [-0.4, -0.2) is 25.1 Å². The van der Waals surface area contributed by atoms with E-state index in [1.807, 2.05) is 6.92 Å². The lowest BCUT2D eigenvalue weighted by Crippen LogP contribution is -2.38. The Morgan fingerprint density at radius 2 is 2.00 bits per heavy atom. The normalized spacial score (nSPS) is 24.9. The van der Waals surface area contributed by atoms with Gasteiger partial charge in [-0.1, -0.05) is 0 Å². The van der Waals surface area contributed by atoms with E-state index in [-0.39, 0.29) is 18.9 Å². The van der Waals surface area contributed by atoms with Gasteiger partial charge in [0.05, 0.1) is 0 Å². The van der Waals surface area contributed by atoms with E-state index in [0.29, 0.717) is 25.3 Å². The van der Waals surface area contributed by atoms with Gasteiger partial charge in [0.15, 0.2) is 0 Å². The zero-order valence-corrected chi connectivity index (χ0v) is 8.73. The zero-order chi connectivity index (χ0) is 10.6. The summed E-state index contributed by atoms with van der Waals surface area (Å²) in [6.45, 7) is 3.44. The Kier molecular flexibility index (Phi) is 4.26. The third-order valence-electron chi connectivity index (χ3n) is 2.95. The molecule has 0 aromatic carbocycles. The zero-order valence-electron chi connectivity index (χ0n) is 8.73. The van der Waals surface area contributed by atoms with Gasteiger partial charge < -0.3 is 11.1 Å². The summed E-state index contributed by atoms with van der Waals surface area (Å²) < 4.78 is 25.6. The Morgan fingerprint density at radius 1 is 1.43 bits per heavy atom. The van der Waals surface area contributed by atoms with E-state index in [9.17, 15) is 8.78 Å². The topological polar surface area (TPSA) is 38.0 Å². The number of nitrogens with one attached hydrogen (secondary N) is 1. The van der Waals surface area contributed by atoms with Gasteiger partial charge in [-0.2, -0.15) is 0 Å². The standard InChI is InChI=1S/C10H20F2N2/c1-8(6-13)14-7-9-2-4-10(11,12)5-3-9/h8-9,14H,2-7,13H2,1H3. The van der Waals surface area contributed by atoms with Crippen molar-refractivity contribution in [2.75, 3.05) is 13.1 Å². The molecule has 0 aliphatic heterocycles. The molecule has 1 atom stereocenters. The van der Waals surface area contributed by atoms with Crippen molar-refractivity contribution in [2.45, 2.75) is 44.6 Å². The molecule has 3 N–H and O–H groups in total. The van der Waals surface area contributed by atoms with Crippen LogP contribution in [-0.2, 0) is 0 Å². The Balaban J connectivity index is 2.16. The summed E-state index contributed by atoms with van der Waals surface area (Å²) in [4.78, 5) is 0. The molecule has 0 bridgehead atoms. The maximum Gasteiger partial charge on any atom is 0.248 e. The van der Waals surface area contributed by atoms with Crippen LogP contribution < -0.4 is 11.1 Å². The molecule has 0 aromatic rings. The molecule has 1 aliphatic rings. The van der Waals surface area contributed by atoms with Gasteiger partial charge in [0.25, 0.3) is 0 Å². The number of rotatable bonds is 4. The van der Waals surface area contributed by atoms with Gasteiger partial charge in [-0.25, -0.2) is 8.78 Å². The highest BCUT2D eigenvalue weighted by atomic mass is 19.3. The highest BCUT2D eigenvalue weighted by Gasteiger charge is 2.34. The van der Waals surface area contributed by atoms with Crippen LogP contribution in [0.3, 0.4) is 0 Å². The van der Waals surface area contributed by atoms with Crippen molar-refractivity contribution in [2.24, 2.45) is 11.7 Å². The summed E-state index contributed by atoms with van der Waals surface area (Å²) in [5.74, 6) is -2.00. The third kappa shape index (κ3) is 3.88. The van der Waals surface area contributed by atoms with Gasteiger partial charge in [0, 0.05) is 25.4 Å². The first-order valence-corrected chi connectivity index (χ1v) is 5.35. The third-order valence-corrected chi connectivity index (χ3v) is 2.95. The number of hydrogen-bond donors (Lipinski definition) is 2. The molecule has 0 heterocycles. The molecule has 0 saturated heterocycles. The van der Waals surface area contributed by atoms with E-state index in [1.54, 1.807) is 0 Å². The highest BCUT2D eigenvalue weighted by Crippen LogP contribution is 2.35. The fourth-order valence-electron chi connectivity index (χ4n) is 1.76. The molecule has 84 valence electrons. The van der Waals surface area contributed by atoms with E-state index in [0.717, 1.165) is 6.54 Å². The Morgan fingerprint density at radius 3 is 2.50 bits per heavy atom. The summed E-state index contributed by atoms with van der Waals surface area (Å²) in [7, 11) is 0. The molecule has 1 unspecified atom stereocenters. The molecular formula is C10H20F2N2. The lowest BCUT2D eigenvalue weighted by molar-refractivity contribution is -0.0456. The second kappa shape index (κ2) is 5.03. The van der Waals surface area contributed by atoms with Gasteiger partial charge in [-0.05, 0) is 32.2 Å². The van der Waals surface area contributed by atoms with Gasteiger partial charge in [0.1, 0.15) is 0 Å². The SMILES string of the molecule is CC(CN)NCC1CCC(F)(F)CC1. The van der Waals surface area contributed by atoms with E-state index < -0.39 is 5.92 Å². The van der Waals surface area contributed by atoms with E-state index >= 15 is 0 Å². The van der Waals surface area contributed by atoms with Crippen LogP contribution in [0.4, 0.5) is 8.78 Å². The predicted molar refractivity (Wildman–Crippen MR) is 53.4 cm³/mol. The Labute approximate surface area is 84.2 Å². The van der Waals surface area contributed by atoms with E-state index in [1.165, 1.54) is 0 Å². The first-order chi connectivity index (χ1) is 6.53. The van der Waals surface area contributed by atoms with Crippen molar-refractivity contribution in [3.63, 3.8) is 0 Å². The lowest BCUT2D eigenvalue weighted by atomic mass is 9.86. The van der Waals surface area contributed by atoms with Crippen LogP contribution in [0.2, 0.25) is 0 Å². The molecule has 1 saturated carbocycles. The fourth-order valence-corrected chi connectivity index (χ4v) is 1.76. The minimum Gasteiger partial charge on any atom is -0.329 e. The number of nitrogens with two attached hydrogens (primary N) is 1. The summed E-state index contributed by atoms with van der Waals surface area (Å²) in [5.41, 5.74) is 5.45. The predicted octanol–water partition coefficient (Wildman–Crippen LogP) is 1.75. The average molecular weight is 206 g/mol. The summed E-state index contributed by atoms with van der Waals surface area (Å²) >= 11 is 0. The Bertz CT molecular complexity index is 164. The monoisotopic (exact) mass is 206 g/mol. The molecule has 0 spiro atoms. The summed E-state index contributed by atoms with van der Waals surface area (Å²) in [5, 5.41) is 3.26. The molecular weight excluding hydrogens is 186 g/mol. The van der Waals surface area contributed by atoms with Crippen LogP contribution >= 0.6 is 0 Å². The largest absolute Gasteiger partial charge is 0.329 e. The van der Waals surface area contributed by atoms with Crippen molar-refractivity contribution < 1.29 is 8.78 Å². The van der Waals surface area contributed by atoms with Crippen molar-refractivity contribution in [3.8, 4) is 0 Å². The first-order valence-electron chi connectivity index (χ1n) is 5.35. The molecule has 1 aliphatic carbocycles. The molecule has 14 heavy (non-hydrogen) atoms. The second-order valence-electron chi connectivity index (χ2n) is 4.34. The van der Waals surface area contributed by atoms with Crippen molar-refractivity contribution in [1.82, 2.24) is 5.32 Å². The van der Waals surface area contributed by atoms with Crippen molar-refractivity contribution in [1.29, 1.82) is 0 Å². The van der Waals surface area contributed by atoms with E-state index in [4.69, 9.17) is 5.73 Å². The maximum atomic E-state index is 12.8. The molecule has 2 nitrogen and oxygen atoms in total. The average Bonchev–Trinajstić information content (AvgIpc) is 2.16. The maximum absolute atomic E-state index is 12.8. The highest BCUT2D eigenvalue weighted by molar-refractivity contribution is 4.79. The molecule has 0 amide bonds. The van der Waals surface area contributed by atoms with Crippen LogP contribution in [0, 0.1) is 5.92 Å². The van der Waals surface area contributed by atoms with Gasteiger partial charge in [-0.15, -0.1) is 0 Å². The van der Waals surface area contributed by atoms with E-state index in [2.05, 4.69) is 5.32 Å².